The second-order valence-electron chi connectivity index (χ2n) is 10.4. The van der Waals surface area contributed by atoms with Crippen LogP contribution in [0.25, 0.3) is 17.1 Å². The Kier molecular flexibility index (Phi) is 6.54. The molecule has 0 aliphatic heterocycles. The zero-order chi connectivity index (χ0) is 28.2. The van der Waals surface area contributed by atoms with Crippen LogP contribution in [0.2, 0.25) is 0 Å². The second-order valence-corrected chi connectivity index (χ2v) is 12.2. The Hall–Kier alpha value is -3.71. The quantitative estimate of drug-likeness (QED) is 0.366. The smallest absolute Gasteiger partial charge is 0.209 e. The van der Waals surface area contributed by atoms with Crippen molar-refractivity contribution in [2.75, 3.05) is 6.26 Å². The van der Waals surface area contributed by atoms with Crippen molar-refractivity contribution in [2.24, 2.45) is 5.41 Å². The fourth-order valence-corrected chi connectivity index (χ4v) is 5.93. The van der Waals surface area contributed by atoms with Crippen molar-refractivity contribution in [3.05, 3.63) is 77.4 Å². The molecule has 0 bridgehead atoms. The highest BCUT2D eigenvalue weighted by molar-refractivity contribution is 7.88. The van der Waals surface area contributed by atoms with Crippen molar-refractivity contribution < 1.29 is 17.2 Å². The molecule has 2 atom stereocenters. The second kappa shape index (κ2) is 9.49. The first-order valence-electron chi connectivity index (χ1n) is 12.4. The van der Waals surface area contributed by atoms with Gasteiger partial charge in [-0.15, -0.1) is 10.2 Å². The number of aromatic nitrogens is 7. The van der Waals surface area contributed by atoms with Crippen molar-refractivity contribution in [1.82, 2.24) is 39.7 Å². The Bertz CT molecular complexity index is 1650. The Morgan fingerprint density at radius 2 is 1.82 bits per heavy atom. The molecule has 0 unspecified atom stereocenters. The Morgan fingerprint density at radius 1 is 1.10 bits per heavy atom. The van der Waals surface area contributed by atoms with Gasteiger partial charge in [-0.3, -0.25) is 4.98 Å². The van der Waals surface area contributed by atoms with Crippen LogP contribution in [-0.4, -0.2) is 49.6 Å². The van der Waals surface area contributed by atoms with E-state index in [2.05, 4.69) is 50.8 Å². The number of halogens is 2. The van der Waals surface area contributed by atoms with Crippen molar-refractivity contribution in [3.8, 4) is 17.1 Å². The molecule has 13 heteroatoms. The third-order valence-electron chi connectivity index (χ3n) is 7.86. The Balaban J connectivity index is 1.59. The molecular weight excluding hydrogens is 526 g/mol. The minimum Gasteiger partial charge on any atom is -0.259 e. The summed E-state index contributed by atoms with van der Waals surface area (Å²) < 4.78 is 55.8. The van der Waals surface area contributed by atoms with Gasteiger partial charge in [-0.2, -0.15) is 5.10 Å². The number of hydrogen-bond donors (Lipinski definition) is 1. The zero-order valence-electron chi connectivity index (χ0n) is 22.1. The van der Waals surface area contributed by atoms with Gasteiger partial charge in [0.15, 0.2) is 11.6 Å². The fraction of sp³-hybridized carbons (Fsp3) is 0.385. The summed E-state index contributed by atoms with van der Waals surface area (Å²) in [6, 6.07) is 5.45. The van der Waals surface area contributed by atoms with E-state index in [-0.39, 0.29) is 29.5 Å². The average molecular weight is 555 g/mol. The number of nitrogens with one attached hydrogen (secondary N) is 1. The molecule has 1 N–H and O–H groups in total. The third-order valence-corrected chi connectivity index (χ3v) is 8.53. The van der Waals surface area contributed by atoms with Gasteiger partial charge in [-0.1, -0.05) is 26.8 Å². The van der Waals surface area contributed by atoms with Crippen molar-refractivity contribution in [2.45, 2.75) is 52.0 Å². The molecule has 0 fully saturated rings. The molecule has 0 saturated heterocycles. The summed E-state index contributed by atoms with van der Waals surface area (Å²) in [6.07, 6.45) is 6.46. The molecule has 10 nitrogen and oxygen atoms in total. The summed E-state index contributed by atoms with van der Waals surface area (Å²) in [7, 11) is -3.40. The van der Waals surface area contributed by atoms with Gasteiger partial charge in [-0.05, 0) is 48.4 Å². The molecule has 1 aromatic carbocycles. The maximum absolute atomic E-state index is 14.6. The van der Waals surface area contributed by atoms with Crippen LogP contribution in [0.4, 0.5) is 8.78 Å². The van der Waals surface area contributed by atoms with Crippen molar-refractivity contribution in [1.29, 1.82) is 0 Å². The molecule has 0 radical (unpaired) electrons. The van der Waals surface area contributed by atoms with E-state index in [0.717, 1.165) is 18.2 Å². The van der Waals surface area contributed by atoms with Crippen LogP contribution in [0, 0.1) is 17.0 Å². The first-order chi connectivity index (χ1) is 18.4. The van der Waals surface area contributed by atoms with Gasteiger partial charge in [0.2, 0.25) is 10.0 Å². The summed E-state index contributed by atoms with van der Waals surface area (Å²) in [6.45, 7) is 8.26. The lowest BCUT2D eigenvalue weighted by Crippen LogP contribution is -2.40. The van der Waals surface area contributed by atoms with E-state index in [1.165, 1.54) is 35.4 Å². The monoisotopic (exact) mass is 554 g/mol. The van der Waals surface area contributed by atoms with Crippen LogP contribution in [0.15, 0.2) is 43.0 Å². The summed E-state index contributed by atoms with van der Waals surface area (Å²) in [4.78, 5) is 13.4. The van der Waals surface area contributed by atoms with Crippen molar-refractivity contribution >= 4 is 10.0 Å². The molecule has 0 spiro atoms. The Morgan fingerprint density at radius 3 is 2.49 bits per heavy atom. The van der Waals surface area contributed by atoms with Crippen LogP contribution >= 0.6 is 0 Å². The number of fused-ring (bicyclic) bond motifs is 1. The van der Waals surface area contributed by atoms with Gasteiger partial charge in [-0.25, -0.2) is 36.6 Å². The van der Waals surface area contributed by atoms with E-state index < -0.39 is 32.5 Å². The highest BCUT2D eigenvalue weighted by Gasteiger charge is 2.58. The lowest BCUT2D eigenvalue weighted by Gasteiger charge is -2.40. The first kappa shape index (κ1) is 26.9. The van der Waals surface area contributed by atoms with E-state index >= 15 is 0 Å². The standard InChI is InChI=1S/C26H28F2N8O2S/c1-6-16-15-10-19(23-17(27)8-7-9-18(23)28)33-34-24(15)26(4,25(16,2)3)20-11-29-13-22(32-20)36-14-30-21(35-36)12-31-39(5,37)38/h7-11,13-14,16,31H,6,12H2,1-5H3/t16-,26-/m0/s1. The van der Waals surface area contributed by atoms with E-state index in [9.17, 15) is 17.2 Å². The highest BCUT2D eigenvalue weighted by atomic mass is 32.2. The summed E-state index contributed by atoms with van der Waals surface area (Å²) >= 11 is 0. The highest BCUT2D eigenvalue weighted by Crippen LogP contribution is 2.61. The maximum Gasteiger partial charge on any atom is 0.209 e. The fourth-order valence-electron chi connectivity index (χ4n) is 5.54. The van der Waals surface area contributed by atoms with E-state index in [0.29, 0.717) is 17.2 Å². The van der Waals surface area contributed by atoms with Crippen molar-refractivity contribution in [3.63, 3.8) is 0 Å². The van der Waals surface area contributed by atoms with E-state index in [4.69, 9.17) is 4.98 Å². The predicted molar refractivity (Wildman–Crippen MR) is 139 cm³/mol. The normalized spacial score (nSPS) is 20.2. The first-order valence-corrected chi connectivity index (χ1v) is 14.3. The van der Waals surface area contributed by atoms with Gasteiger partial charge in [0, 0.05) is 6.20 Å². The number of rotatable bonds is 7. The number of benzene rings is 1. The van der Waals surface area contributed by atoms with Crippen LogP contribution in [0.5, 0.6) is 0 Å². The molecule has 1 aliphatic rings. The number of sulfonamides is 1. The molecule has 5 rings (SSSR count). The maximum atomic E-state index is 14.6. The molecule has 4 aromatic rings. The van der Waals surface area contributed by atoms with Crippen LogP contribution < -0.4 is 4.72 Å². The minimum absolute atomic E-state index is 0.00733. The van der Waals surface area contributed by atoms with Gasteiger partial charge >= 0.3 is 0 Å². The molecule has 0 saturated carbocycles. The lowest BCUT2D eigenvalue weighted by molar-refractivity contribution is 0.188. The molecule has 3 heterocycles. The van der Waals surface area contributed by atoms with Gasteiger partial charge in [0.1, 0.15) is 18.0 Å². The number of hydrogen-bond acceptors (Lipinski definition) is 8. The van der Waals surface area contributed by atoms with Gasteiger partial charge in [0.05, 0.1) is 47.1 Å². The molecule has 204 valence electrons. The number of nitrogens with zero attached hydrogens (tertiary/aromatic N) is 7. The lowest BCUT2D eigenvalue weighted by atomic mass is 9.62. The predicted octanol–water partition coefficient (Wildman–Crippen LogP) is 3.68. The largest absolute Gasteiger partial charge is 0.259 e. The Labute approximate surface area is 225 Å². The SMILES string of the molecule is CC[C@H]1c2cc(-c3c(F)cccc3F)nnc2[C@](C)(c2cncc(-n3cnc(CNS(C)(=O)=O)n3)n2)C1(C)C. The molecule has 3 aromatic heterocycles. The van der Waals surface area contributed by atoms with Crippen LogP contribution in [0.3, 0.4) is 0 Å². The minimum atomic E-state index is -3.40. The summed E-state index contributed by atoms with van der Waals surface area (Å²) in [5.41, 5.74) is 0.900. The van der Waals surface area contributed by atoms with Gasteiger partial charge in [0.25, 0.3) is 0 Å². The molecule has 0 amide bonds. The summed E-state index contributed by atoms with van der Waals surface area (Å²) in [5, 5.41) is 13.1. The van der Waals surface area contributed by atoms with Crippen LogP contribution in [0.1, 0.15) is 62.8 Å². The summed E-state index contributed by atoms with van der Waals surface area (Å²) in [5.74, 6) is -0.742. The topological polar surface area (TPSA) is 128 Å². The van der Waals surface area contributed by atoms with E-state index in [1.807, 2.05) is 6.92 Å². The molecule has 1 aliphatic carbocycles. The molecular formula is C26H28F2N8O2S. The zero-order valence-corrected chi connectivity index (χ0v) is 23.0. The van der Waals surface area contributed by atoms with E-state index in [1.54, 1.807) is 12.3 Å². The van der Waals surface area contributed by atoms with Crippen LogP contribution in [-0.2, 0) is 22.0 Å². The van der Waals surface area contributed by atoms with Gasteiger partial charge < -0.3 is 0 Å². The third kappa shape index (κ3) is 4.48. The average Bonchev–Trinajstić information content (AvgIpc) is 3.42. The molecule has 39 heavy (non-hydrogen) atoms.